The van der Waals surface area contributed by atoms with Crippen molar-refractivity contribution in [2.45, 2.75) is 38.9 Å². The Bertz CT molecular complexity index is 1180. The van der Waals surface area contributed by atoms with Gasteiger partial charge in [-0.2, -0.15) is 0 Å². The maximum atomic E-state index is 12.9. The maximum absolute atomic E-state index is 12.9. The second kappa shape index (κ2) is 8.34. The van der Waals surface area contributed by atoms with Crippen LogP contribution in [0.25, 0.3) is 11.0 Å². The molecule has 2 aromatic carbocycles. The highest BCUT2D eigenvalue weighted by Gasteiger charge is 2.45. The molecule has 4 rings (SSSR count). The summed E-state index contributed by atoms with van der Waals surface area (Å²) in [6.45, 7) is 5.75. The van der Waals surface area contributed by atoms with E-state index in [0.29, 0.717) is 33.8 Å². The van der Waals surface area contributed by atoms with Crippen LogP contribution in [0.2, 0.25) is 0 Å². The van der Waals surface area contributed by atoms with Gasteiger partial charge in [0.25, 0.3) is 0 Å². The Labute approximate surface area is 179 Å². The van der Waals surface area contributed by atoms with Crippen molar-refractivity contribution in [3.05, 3.63) is 64.0 Å². The van der Waals surface area contributed by atoms with Gasteiger partial charge in [0.05, 0.1) is 36.7 Å². The molecule has 31 heavy (non-hydrogen) atoms. The highest BCUT2D eigenvalue weighted by atomic mass is 16.6. The van der Waals surface area contributed by atoms with Crippen LogP contribution >= 0.6 is 0 Å². The van der Waals surface area contributed by atoms with Gasteiger partial charge in [-0.1, -0.05) is 18.2 Å². The Morgan fingerprint density at radius 2 is 1.90 bits per heavy atom. The van der Waals surface area contributed by atoms with Crippen molar-refractivity contribution in [2.75, 3.05) is 13.7 Å². The van der Waals surface area contributed by atoms with Crippen molar-refractivity contribution >= 4 is 16.9 Å². The SMILES string of the molecule is CCOC(=O)[C@@H]1Oc2c(c(=O)oc3ccccc23)[C@H]1c1ccc(OC(C)C)c(OC)c1. The minimum absolute atomic E-state index is 0.0408. The third-order valence-electron chi connectivity index (χ3n) is 5.09. The molecule has 162 valence electrons. The van der Waals surface area contributed by atoms with Gasteiger partial charge >= 0.3 is 11.6 Å². The van der Waals surface area contributed by atoms with Crippen molar-refractivity contribution in [1.29, 1.82) is 0 Å². The summed E-state index contributed by atoms with van der Waals surface area (Å²) in [5, 5.41) is 0.626. The maximum Gasteiger partial charge on any atom is 0.348 e. The zero-order chi connectivity index (χ0) is 22.1. The highest BCUT2D eigenvalue weighted by molar-refractivity contribution is 5.88. The van der Waals surface area contributed by atoms with Crippen molar-refractivity contribution < 1.29 is 28.2 Å². The molecular weight excluding hydrogens is 400 g/mol. The first kappa shape index (κ1) is 20.8. The van der Waals surface area contributed by atoms with Crippen molar-refractivity contribution in [3.63, 3.8) is 0 Å². The van der Waals surface area contributed by atoms with Crippen molar-refractivity contribution in [1.82, 2.24) is 0 Å². The molecule has 0 amide bonds. The fourth-order valence-electron chi connectivity index (χ4n) is 3.86. The third kappa shape index (κ3) is 3.71. The third-order valence-corrected chi connectivity index (χ3v) is 5.09. The predicted molar refractivity (Wildman–Crippen MR) is 114 cm³/mol. The van der Waals surface area contributed by atoms with E-state index in [9.17, 15) is 9.59 Å². The zero-order valence-corrected chi connectivity index (χ0v) is 17.8. The van der Waals surface area contributed by atoms with Gasteiger partial charge in [-0.05, 0) is 50.6 Å². The number of esters is 1. The summed E-state index contributed by atoms with van der Waals surface area (Å²) in [5.41, 5.74) is 0.795. The average Bonchev–Trinajstić information content (AvgIpc) is 3.16. The minimum Gasteiger partial charge on any atom is -0.493 e. The van der Waals surface area contributed by atoms with Crippen LogP contribution in [0, 0.1) is 0 Å². The normalized spacial score (nSPS) is 17.3. The van der Waals surface area contributed by atoms with Gasteiger partial charge in [-0.3, -0.25) is 0 Å². The van der Waals surface area contributed by atoms with Crippen LogP contribution in [0.4, 0.5) is 0 Å². The van der Waals surface area contributed by atoms with E-state index in [0.717, 1.165) is 0 Å². The first-order chi connectivity index (χ1) is 14.9. The number of carbonyl (C=O) groups is 1. The number of fused-ring (bicyclic) bond motifs is 3. The molecular formula is C24H24O7. The van der Waals surface area contributed by atoms with Crippen LogP contribution in [0.15, 0.2) is 51.7 Å². The van der Waals surface area contributed by atoms with E-state index in [1.807, 2.05) is 19.9 Å². The van der Waals surface area contributed by atoms with E-state index < -0.39 is 23.6 Å². The first-order valence-electron chi connectivity index (χ1n) is 10.2. The van der Waals surface area contributed by atoms with Crippen LogP contribution in [0.3, 0.4) is 0 Å². The van der Waals surface area contributed by atoms with Gasteiger partial charge in [0.2, 0.25) is 6.10 Å². The largest absolute Gasteiger partial charge is 0.493 e. The fourth-order valence-corrected chi connectivity index (χ4v) is 3.86. The Balaban J connectivity index is 1.90. The molecule has 1 aliphatic heterocycles. The van der Waals surface area contributed by atoms with Crippen molar-refractivity contribution in [2.24, 2.45) is 0 Å². The van der Waals surface area contributed by atoms with Gasteiger partial charge in [0, 0.05) is 0 Å². The molecule has 0 radical (unpaired) electrons. The predicted octanol–water partition coefficient (Wildman–Crippen LogP) is 4.04. The number of carbonyl (C=O) groups excluding carboxylic acids is 1. The van der Waals surface area contributed by atoms with Crippen LogP contribution in [-0.2, 0) is 9.53 Å². The number of para-hydroxylation sites is 1. The number of hydrogen-bond donors (Lipinski definition) is 0. The lowest BCUT2D eigenvalue weighted by atomic mass is 9.88. The molecule has 0 N–H and O–H groups in total. The number of rotatable bonds is 6. The molecule has 2 heterocycles. The first-order valence-corrected chi connectivity index (χ1v) is 10.2. The monoisotopic (exact) mass is 424 g/mol. The molecule has 0 spiro atoms. The Kier molecular flexibility index (Phi) is 5.59. The van der Waals surface area contributed by atoms with E-state index in [4.69, 9.17) is 23.4 Å². The summed E-state index contributed by atoms with van der Waals surface area (Å²) in [4.78, 5) is 25.7. The number of methoxy groups -OCH3 is 1. The Morgan fingerprint density at radius 1 is 1.13 bits per heavy atom. The molecule has 0 unspecified atom stereocenters. The van der Waals surface area contributed by atoms with Crippen LogP contribution in [0.5, 0.6) is 17.2 Å². The average molecular weight is 424 g/mol. The molecule has 0 bridgehead atoms. The molecule has 0 saturated heterocycles. The standard InChI is InChI=1S/C24H24O7/c1-5-28-24(26)22-19(14-10-11-17(29-13(2)3)18(12-14)27-4)20-21(31-22)15-8-6-7-9-16(15)30-23(20)25/h6-13,19,22H,5H2,1-4H3/t19-,22-/m1/s1. The zero-order valence-electron chi connectivity index (χ0n) is 17.8. The molecule has 0 fully saturated rings. The lowest BCUT2D eigenvalue weighted by molar-refractivity contribution is -0.151. The molecule has 7 heteroatoms. The molecule has 0 aliphatic carbocycles. The van der Waals surface area contributed by atoms with Gasteiger partial charge in [-0.25, -0.2) is 9.59 Å². The highest BCUT2D eigenvalue weighted by Crippen LogP contribution is 2.46. The second-order valence-corrected chi connectivity index (χ2v) is 7.47. The summed E-state index contributed by atoms with van der Waals surface area (Å²) in [6, 6.07) is 12.4. The van der Waals surface area contributed by atoms with Gasteiger partial charge in [0.15, 0.2) is 11.5 Å². The Morgan fingerprint density at radius 3 is 2.61 bits per heavy atom. The quantitative estimate of drug-likeness (QED) is 0.436. The van der Waals surface area contributed by atoms with Crippen molar-refractivity contribution in [3.8, 4) is 17.2 Å². The lowest BCUT2D eigenvalue weighted by Gasteiger charge is -2.20. The topological polar surface area (TPSA) is 84.2 Å². The van der Waals surface area contributed by atoms with Gasteiger partial charge in [-0.15, -0.1) is 0 Å². The number of ether oxygens (including phenoxy) is 4. The summed E-state index contributed by atoms with van der Waals surface area (Å²) >= 11 is 0. The van der Waals surface area contributed by atoms with E-state index in [1.165, 1.54) is 7.11 Å². The van der Waals surface area contributed by atoms with Crippen LogP contribution < -0.4 is 19.8 Å². The van der Waals surface area contributed by atoms with E-state index in [2.05, 4.69) is 0 Å². The summed E-state index contributed by atoms with van der Waals surface area (Å²) < 4.78 is 28.1. The molecule has 1 aromatic heterocycles. The molecule has 3 aromatic rings. The minimum atomic E-state index is -1.02. The molecule has 7 nitrogen and oxygen atoms in total. The van der Waals surface area contributed by atoms with Crippen LogP contribution in [-0.4, -0.2) is 31.9 Å². The van der Waals surface area contributed by atoms with E-state index in [1.54, 1.807) is 43.3 Å². The van der Waals surface area contributed by atoms with E-state index >= 15 is 0 Å². The smallest absolute Gasteiger partial charge is 0.348 e. The molecule has 0 saturated carbocycles. The second-order valence-electron chi connectivity index (χ2n) is 7.47. The molecule has 2 atom stereocenters. The van der Waals surface area contributed by atoms with Gasteiger partial charge in [0.1, 0.15) is 11.3 Å². The van der Waals surface area contributed by atoms with Gasteiger partial charge < -0.3 is 23.4 Å². The fraction of sp³-hybridized carbons (Fsp3) is 0.333. The van der Waals surface area contributed by atoms with Crippen LogP contribution in [0.1, 0.15) is 37.8 Å². The number of hydrogen-bond acceptors (Lipinski definition) is 7. The van der Waals surface area contributed by atoms with E-state index in [-0.39, 0.29) is 18.3 Å². The summed E-state index contributed by atoms with van der Waals surface area (Å²) in [6.07, 6.45) is -1.06. The number of benzene rings is 2. The lowest BCUT2D eigenvalue weighted by Crippen LogP contribution is -2.32. The molecule has 1 aliphatic rings. The Hall–Kier alpha value is -3.48. The summed E-state index contributed by atoms with van der Waals surface area (Å²) in [7, 11) is 1.54. The summed E-state index contributed by atoms with van der Waals surface area (Å²) in [5.74, 6) is 0.146.